The molecule has 154 valence electrons. The van der Waals surface area contributed by atoms with Gasteiger partial charge in [0.05, 0.1) is 24.2 Å². The van der Waals surface area contributed by atoms with Crippen LogP contribution in [0.4, 0.5) is 5.82 Å². The zero-order chi connectivity index (χ0) is 21.0. The van der Waals surface area contributed by atoms with Gasteiger partial charge in [-0.15, -0.1) is 22.7 Å². The van der Waals surface area contributed by atoms with E-state index in [9.17, 15) is 9.59 Å². The van der Waals surface area contributed by atoms with Crippen LogP contribution in [-0.4, -0.2) is 45.5 Å². The number of hydrogen-bond donors (Lipinski definition) is 2. The Morgan fingerprint density at radius 3 is 2.79 bits per heavy atom. The van der Waals surface area contributed by atoms with Crippen LogP contribution in [0.5, 0.6) is 0 Å². The number of nitrogens with one attached hydrogen (secondary N) is 1. The molecule has 3 aromatic heterocycles. The second-order valence-electron chi connectivity index (χ2n) is 6.41. The predicted octanol–water partition coefficient (Wildman–Crippen LogP) is 3.21. The molecule has 3 N–H and O–H groups in total. The van der Waals surface area contributed by atoms with Crippen molar-refractivity contribution in [2.24, 2.45) is 0 Å². The van der Waals surface area contributed by atoms with Crippen LogP contribution in [-0.2, 0) is 16.1 Å². The van der Waals surface area contributed by atoms with Gasteiger partial charge in [-0.05, 0) is 37.8 Å². The minimum absolute atomic E-state index is 0.0343. The number of aryl methyl sites for hydroxylation is 2. The summed E-state index contributed by atoms with van der Waals surface area (Å²) < 4.78 is 0. The molecular formula is C19H23N5O2S3. The smallest absolute Gasteiger partial charge is 0.239 e. The Balaban J connectivity index is 1.56. The summed E-state index contributed by atoms with van der Waals surface area (Å²) in [6, 6.07) is 3.90. The number of thiophene rings is 2. The molecule has 2 amide bonds. The molecule has 3 aromatic rings. The van der Waals surface area contributed by atoms with Gasteiger partial charge in [-0.25, -0.2) is 9.97 Å². The van der Waals surface area contributed by atoms with Gasteiger partial charge in [0.2, 0.25) is 11.8 Å². The second kappa shape index (κ2) is 9.55. The number of carbonyl (C=O) groups is 2. The number of carbonyl (C=O) groups excluding carboxylic acids is 2. The highest BCUT2D eigenvalue weighted by atomic mass is 32.2. The third kappa shape index (κ3) is 5.26. The highest BCUT2D eigenvalue weighted by Gasteiger charge is 2.18. The van der Waals surface area contributed by atoms with Crippen molar-refractivity contribution >= 4 is 62.3 Å². The average molecular weight is 450 g/mol. The molecule has 0 spiro atoms. The number of nitrogens with zero attached hydrogens (tertiary/aromatic N) is 3. The summed E-state index contributed by atoms with van der Waals surface area (Å²) in [5.74, 6) is 0.280. The van der Waals surface area contributed by atoms with Crippen molar-refractivity contribution in [1.29, 1.82) is 0 Å². The predicted molar refractivity (Wildman–Crippen MR) is 120 cm³/mol. The van der Waals surface area contributed by atoms with Crippen molar-refractivity contribution < 1.29 is 9.59 Å². The van der Waals surface area contributed by atoms with E-state index >= 15 is 0 Å². The molecule has 0 fully saturated rings. The van der Waals surface area contributed by atoms with Gasteiger partial charge < -0.3 is 16.0 Å². The Bertz CT molecular complexity index is 1020. The molecule has 0 unspecified atom stereocenters. The number of aromatic nitrogens is 2. The van der Waals surface area contributed by atoms with E-state index in [1.807, 2.05) is 38.3 Å². The Labute approximate surface area is 181 Å². The molecule has 0 aliphatic rings. The standard InChI is InChI=1S/C19H23N5O2S3/c1-4-24(9-14(25)21-8-13-6-5-7-27-13)15(26)10-28-19-22-17(20)16-11(2)12(3)29-18(16)23-19/h5-7H,4,8-10H2,1-3H3,(H,21,25)(H2,20,22,23). The number of hydrogen-bond acceptors (Lipinski definition) is 8. The van der Waals surface area contributed by atoms with Crippen LogP contribution in [0.1, 0.15) is 22.2 Å². The van der Waals surface area contributed by atoms with Crippen molar-refractivity contribution in [3.05, 3.63) is 32.8 Å². The first-order valence-electron chi connectivity index (χ1n) is 9.11. The molecule has 7 nitrogen and oxygen atoms in total. The van der Waals surface area contributed by atoms with Crippen LogP contribution >= 0.6 is 34.4 Å². The lowest BCUT2D eigenvalue weighted by Gasteiger charge is -2.20. The molecular weight excluding hydrogens is 426 g/mol. The number of nitrogens with two attached hydrogens (primary N) is 1. The molecule has 0 aromatic carbocycles. The molecule has 0 bridgehead atoms. The normalized spacial score (nSPS) is 11.0. The number of anilines is 1. The van der Waals surface area contributed by atoms with Crippen molar-refractivity contribution in [1.82, 2.24) is 20.2 Å². The van der Waals surface area contributed by atoms with Gasteiger partial charge in [-0.3, -0.25) is 9.59 Å². The van der Waals surface area contributed by atoms with Gasteiger partial charge in [0.15, 0.2) is 5.16 Å². The maximum atomic E-state index is 12.6. The van der Waals surface area contributed by atoms with Crippen LogP contribution in [0.2, 0.25) is 0 Å². The fourth-order valence-electron chi connectivity index (χ4n) is 2.75. The van der Waals surface area contributed by atoms with Crippen LogP contribution in [0, 0.1) is 13.8 Å². The molecule has 0 radical (unpaired) electrons. The molecule has 3 heterocycles. The fourth-order valence-corrected chi connectivity index (χ4v) is 5.24. The lowest BCUT2D eigenvalue weighted by atomic mass is 10.2. The number of nitrogen functional groups attached to an aromatic ring is 1. The summed E-state index contributed by atoms with van der Waals surface area (Å²) in [7, 11) is 0. The Hall–Kier alpha value is -2.17. The molecule has 0 atom stereocenters. The van der Waals surface area contributed by atoms with E-state index < -0.39 is 0 Å². The molecule has 0 saturated carbocycles. The maximum absolute atomic E-state index is 12.6. The SMILES string of the molecule is CCN(CC(=O)NCc1cccs1)C(=O)CSc1nc(N)c2c(C)c(C)sc2n1. The van der Waals surface area contributed by atoms with Crippen LogP contribution in [0.15, 0.2) is 22.7 Å². The van der Waals surface area contributed by atoms with Crippen molar-refractivity contribution in [2.45, 2.75) is 32.5 Å². The summed E-state index contributed by atoms with van der Waals surface area (Å²) in [4.78, 5) is 38.2. The highest BCUT2D eigenvalue weighted by molar-refractivity contribution is 7.99. The molecule has 0 aliphatic heterocycles. The average Bonchev–Trinajstić information content (AvgIpc) is 3.31. The molecule has 0 aliphatic carbocycles. The number of amides is 2. The van der Waals surface area contributed by atoms with E-state index in [1.165, 1.54) is 16.7 Å². The van der Waals surface area contributed by atoms with E-state index in [4.69, 9.17) is 5.73 Å². The third-order valence-electron chi connectivity index (χ3n) is 4.47. The summed E-state index contributed by atoms with van der Waals surface area (Å²) in [6.45, 7) is 6.85. The Kier molecular flexibility index (Phi) is 7.09. The number of likely N-dealkylation sites (N-methyl/N-ethyl adjacent to an activating group) is 1. The van der Waals surface area contributed by atoms with Gasteiger partial charge in [-0.2, -0.15) is 0 Å². The van der Waals surface area contributed by atoms with Crippen LogP contribution in [0.25, 0.3) is 10.2 Å². The van der Waals surface area contributed by atoms with Crippen molar-refractivity contribution in [3.63, 3.8) is 0 Å². The van der Waals surface area contributed by atoms with Crippen molar-refractivity contribution in [3.8, 4) is 0 Å². The minimum atomic E-state index is -0.176. The van der Waals surface area contributed by atoms with Crippen LogP contribution < -0.4 is 11.1 Å². The second-order valence-corrected chi connectivity index (χ2v) is 9.59. The lowest BCUT2D eigenvalue weighted by Crippen LogP contribution is -2.41. The first-order valence-corrected chi connectivity index (χ1v) is 11.8. The molecule has 3 rings (SSSR count). The zero-order valence-corrected chi connectivity index (χ0v) is 19.0. The van der Waals surface area contributed by atoms with Crippen molar-refractivity contribution in [2.75, 3.05) is 24.6 Å². The number of thioether (sulfide) groups is 1. The van der Waals surface area contributed by atoms with Crippen LogP contribution in [0.3, 0.4) is 0 Å². The summed E-state index contributed by atoms with van der Waals surface area (Å²) >= 11 is 4.39. The molecule has 0 saturated heterocycles. The van der Waals surface area contributed by atoms with Gasteiger partial charge in [0.1, 0.15) is 10.6 Å². The Morgan fingerprint density at radius 2 is 2.10 bits per heavy atom. The fraction of sp³-hybridized carbons (Fsp3) is 0.368. The van der Waals surface area contributed by atoms with E-state index in [2.05, 4.69) is 15.3 Å². The Morgan fingerprint density at radius 1 is 1.31 bits per heavy atom. The number of fused-ring (bicyclic) bond motifs is 1. The summed E-state index contributed by atoms with van der Waals surface area (Å²) in [6.07, 6.45) is 0. The quantitative estimate of drug-likeness (QED) is 0.404. The molecule has 10 heteroatoms. The summed E-state index contributed by atoms with van der Waals surface area (Å²) in [5, 5.41) is 6.17. The third-order valence-corrected chi connectivity index (χ3v) is 7.28. The van der Waals surface area contributed by atoms with Gasteiger partial charge >= 0.3 is 0 Å². The first kappa shape index (κ1) is 21.5. The van der Waals surface area contributed by atoms with E-state index in [-0.39, 0.29) is 24.1 Å². The van der Waals surface area contributed by atoms with Gasteiger partial charge in [0, 0.05) is 16.3 Å². The highest BCUT2D eigenvalue weighted by Crippen LogP contribution is 2.33. The minimum Gasteiger partial charge on any atom is -0.383 e. The zero-order valence-electron chi connectivity index (χ0n) is 16.5. The largest absolute Gasteiger partial charge is 0.383 e. The van der Waals surface area contributed by atoms with E-state index in [0.717, 1.165) is 25.5 Å². The summed E-state index contributed by atoms with van der Waals surface area (Å²) in [5.41, 5.74) is 7.20. The first-order chi connectivity index (χ1) is 13.9. The topological polar surface area (TPSA) is 101 Å². The number of rotatable bonds is 8. The van der Waals surface area contributed by atoms with Gasteiger partial charge in [-0.1, -0.05) is 17.8 Å². The van der Waals surface area contributed by atoms with E-state index in [0.29, 0.717) is 24.1 Å². The van der Waals surface area contributed by atoms with Gasteiger partial charge in [0.25, 0.3) is 0 Å². The lowest BCUT2D eigenvalue weighted by molar-refractivity contribution is -0.133. The maximum Gasteiger partial charge on any atom is 0.239 e. The molecule has 29 heavy (non-hydrogen) atoms. The van der Waals surface area contributed by atoms with E-state index in [1.54, 1.807) is 22.7 Å². The monoisotopic (exact) mass is 449 g/mol.